The summed E-state index contributed by atoms with van der Waals surface area (Å²) in [6.07, 6.45) is 0.0417. The summed E-state index contributed by atoms with van der Waals surface area (Å²) in [5, 5.41) is 5.95. The van der Waals surface area contributed by atoms with Gasteiger partial charge in [-0.3, -0.25) is 4.79 Å². The number of nitrogens with one attached hydrogen (secondary N) is 2. The topological polar surface area (TPSA) is 59.6 Å². The lowest BCUT2D eigenvalue weighted by molar-refractivity contribution is -0.116. The molecule has 5 heteroatoms. The summed E-state index contributed by atoms with van der Waals surface area (Å²) >= 11 is 0. The third-order valence-electron chi connectivity index (χ3n) is 2.96. The summed E-state index contributed by atoms with van der Waals surface area (Å²) in [5.41, 5.74) is 1.91. The van der Waals surface area contributed by atoms with Gasteiger partial charge in [0.15, 0.2) is 0 Å². The smallest absolute Gasteiger partial charge is 0.238 e. The fourth-order valence-corrected chi connectivity index (χ4v) is 1.91. The molecule has 1 heterocycles. The third kappa shape index (κ3) is 4.63. The minimum atomic E-state index is -0.0500. The van der Waals surface area contributed by atoms with Crippen LogP contribution in [-0.2, 0) is 14.3 Å². The molecule has 1 aliphatic heterocycles. The number of hydrogen-bond donors (Lipinski definition) is 2. The maximum atomic E-state index is 11.8. The van der Waals surface area contributed by atoms with Gasteiger partial charge in [-0.2, -0.15) is 0 Å². The van der Waals surface area contributed by atoms with E-state index >= 15 is 0 Å². The van der Waals surface area contributed by atoms with Gasteiger partial charge in [-0.1, -0.05) is 18.2 Å². The van der Waals surface area contributed by atoms with E-state index in [0.29, 0.717) is 26.4 Å². The van der Waals surface area contributed by atoms with Crippen molar-refractivity contribution in [2.24, 2.45) is 0 Å². The van der Waals surface area contributed by atoms with Crippen molar-refractivity contribution in [3.8, 4) is 0 Å². The molecule has 1 amide bonds. The third-order valence-corrected chi connectivity index (χ3v) is 2.96. The molecule has 1 unspecified atom stereocenters. The molecule has 2 rings (SSSR count). The van der Waals surface area contributed by atoms with Crippen LogP contribution in [0.2, 0.25) is 0 Å². The second kappa shape index (κ2) is 7.23. The van der Waals surface area contributed by atoms with Crippen molar-refractivity contribution < 1.29 is 14.3 Å². The van der Waals surface area contributed by atoms with Crippen LogP contribution >= 0.6 is 0 Å². The Balaban J connectivity index is 1.68. The molecule has 1 saturated heterocycles. The summed E-state index contributed by atoms with van der Waals surface area (Å²) in [5.74, 6) is -0.0500. The number of para-hydroxylation sites is 1. The van der Waals surface area contributed by atoms with E-state index in [0.717, 1.165) is 11.3 Å². The Bertz CT molecular complexity index is 417. The zero-order valence-corrected chi connectivity index (χ0v) is 11.1. The molecule has 1 atom stereocenters. The van der Waals surface area contributed by atoms with Crippen molar-refractivity contribution >= 4 is 11.6 Å². The molecule has 1 aromatic carbocycles. The van der Waals surface area contributed by atoms with Crippen LogP contribution < -0.4 is 10.6 Å². The highest BCUT2D eigenvalue weighted by Gasteiger charge is 2.14. The number of ether oxygens (including phenoxy) is 2. The number of benzene rings is 1. The predicted octanol–water partition coefficient (Wildman–Crippen LogP) is 0.939. The average Bonchev–Trinajstić information content (AvgIpc) is 2.43. The molecule has 0 spiro atoms. The van der Waals surface area contributed by atoms with Crippen molar-refractivity contribution in [3.05, 3.63) is 29.8 Å². The van der Waals surface area contributed by atoms with E-state index in [-0.39, 0.29) is 18.6 Å². The molecule has 1 aromatic rings. The van der Waals surface area contributed by atoms with Gasteiger partial charge < -0.3 is 20.1 Å². The fourth-order valence-electron chi connectivity index (χ4n) is 1.91. The highest BCUT2D eigenvalue weighted by atomic mass is 16.6. The van der Waals surface area contributed by atoms with Crippen molar-refractivity contribution in [1.29, 1.82) is 0 Å². The molecule has 1 fully saturated rings. The first-order chi connectivity index (χ1) is 9.25. The lowest BCUT2D eigenvalue weighted by Gasteiger charge is -2.23. The van der Waals surface area contributed by atoms with Gasteiger partial charge in [-0.05, 0) is 18.6 Å². The number of hydrogen-bond acceptors (Lipinski definition) is 4. The lowest BCUT2D eigenvalue weighted by atomic mass is 10.2. The second-order valence-electron chi connectivity index (χ2n) is 4.56. The highest BCUT2D eigenvalue weighted by molar-refractivity contribution is 5.92. The van der Waals surface area contributed by atoms with E-state index in [1.54, 1.807) is 0 Å². The number of amides is 1. The molecule has 0 bridgehead atoms. The average molecular weight is 264 g/mol. The first-order valence-electron chi connectivity index (χ1n) is 6.51. The highest BCUT2D eigenvalue weighted by Crippen LogP contribution is 2.12. The molecular weight excluding hydrogens is 244 g/mol. The van der Waals surface area contributed by atoms with Gasteiger partial charge in [-0.25, -0.2) is 0 Å². The normalized spacial score (nSPS) is 19.1. The van der Waals surface area contributed by atoms with Crippen LogP contribution in [0.1, 0.15) is 5.56 Å². The van der Waals surface area contributed by atoms with Crippen LogP contribution in [0.4, 0.5) is 5.69 Å². The number of aryl methyl sites for hydroxylation is 1. The fraction of sp³-hybridized carbons (Fsp3) is 0.500. The summed E-state index contributed by atoms with van der Waals surface area (Å²) in [4.78, 5) is 11.8. The van der Waals surface area contributed by atoms with Crippen molar-refractivity contribution in [2.75, 3.05) is 38.2 Å². The predicted molar refractivity (Wildman–Crippen MR) is 73.2 cm³/mol. The summed E-state index contributed by atoms with van der Waals surface area (Å²) in [6, 6.07) is 7.72. The minimum absolute atomic E-state index is 0.0417. The van der Waals surface area contributed by atoms with Crippen LogP contribution in [0.3, 0.4) is 0 Å². The zero-order valence-electron chi connectivity index (χ0n) is 11.1. The molecule has 0 aromatic heterocycles. The van der Waals surface area contributed by atoms with Gasteiger partial charge in [0.25, 0.3) is 0 Å². The Morgan fingerprint density at radius 3 is 2.95 bits per heavy atom. The van der Waals surface area contributed by atoms with E-state index in [2.05, 4.69) is 10.6 Å². The molecule has 5 nitrogen and oxygen atoms in total. The van der Waals surface area contributed by atoms with Crippen LogP contribution in [0.5, 0.6) is 0 Å². The minimum Gasteiger partial charge on any atom is -0.376 e. The summed E-state index contributed by atoms with van der Waals surface area (Å²) in [6.45, 7) is 4.74. The maximum absolute atomic E-state index is 11.8. The van der Waals surface area contributed by atoms with E-state index in [4.69, 9.17) is 9.47 Å². The first-order valence-corrected chi connectivity index (χ1v) is 6.51. The molecule has 0 saturated carbocycles. The van der Waals surface area contributed by atoms with Crippen LogP contribution in [0.25, 0.3) is 0 Å². The molecular formula is C14H20N2O3. The molecule has 104 valence electrons. The van der Waals surface area contributed by atoms with Gasteiger partial charge in [-0.15, -0.1) is 0 Å². The van der Waals surface area contributed by atoms with Crippen LogP contribution in [0, 0.1) is 6.92 Å². The largest absolute Gasteiger partial charge is 0.376 e. The van der Waals surface area contributed by atoms with Gasteiger partial charge in [0, 0.05) is 12.2 Å². The number of carbonyl (C=O) groups is 1. The molecule has 2 N–H and O–H groups in total. The Hall–Kier alpha value is -1.43. The van der Waals surface area contributed by atoms with Crippen LogP contribution in [0.15, 0.2) is 24.3 Å². The van der Waals surface area contributed by atoms with Gasteiger partial charge >= 0.3 is 0 Å². The van der Waals surface area contributed by atoms with E-state index in [1.807, 2.05) is 31.2 Å². The number of anilines is 1. The number of rotatable bonds is 5. The summed E-state index contributed by atoms with van der Waals surface area (Å²) in [7, 11) is 0. The molecule has 1 aliphatic rings. The zero-order chi connectivity index (χ0) is 13.5. The van der Waals surface area contributed by atoms with E-state index in [1.165, 1.54) is 0 Å². The first kappa shape index (κ1) is 14.0. The Morgan fingerprint density at radius 1 is 1.37 bits per heavy atom. The Labute approximate surface area is 113 Å². The van der Waals surface area contributed by atoms with Gasteiger partial charge in [0.05, 0.1) is 32.5 Å². The standard InChI is InChI=1S/C14H20N2O3/c1-11-4-2-3-5-13(11)16-14(17)9-15-8-12-10-18-6-7-19-12/h2-5,12,15H,6-10H2,1H3,(H,16,17). The van der Waals surface area contributed by atoms with Crippen LogP contribution in [-0.4, -0.2) is 44.9 Å². The number of carbonyl (C=O) groups excluding carboxylic acids is 1. The second-order valence-corrected chi connectivity index (χ2v) is 4.56. The lowest BCUT2D eigenvalue weighted by Crippen LogP contribution is -2.40. The molecule has 19 heavy (non-hydrogen) atoms. The maximum Gasteiger partial charge on any atom is 0.238 e. The molecule has 0 aliphatic carbocycles. The summed E-state index contributed by atoms with van der Waals surface area (Å²) < 4.78 is 10.8. The van der Waals surface area contributed by atoms with Crippen molar-refractivity contribution in [1.82, 2.24) is 5.32 Å². The van der Waals surface area contributed by atoms with Crippen molar-refractivity contribution in [3.63, 3.8) is 0 Å². The van der Waals surface area contributed by atoms with Crippen molar-refractivity contribution in [2.45, 2.75) is 13.0 Å². The van der Waals surface area contributed by atoms with E-state index < -0.39 is 0 Å². The van der Waals surface area contributed by atoms with Gasteiger partial charge in [0.2, 0.25) is 5.91 Å². The quantitative estimate of drug-likeness (QED) is 0.831. The van der Waals surface area contributed by atoms with Gasteiger partial charge in [0.1, 0.15) is 0 Å². The van der Waals surface area contributed by atoms with E-state index in [9.17, 15) is 4.79 Å². The molecule has 0 radical (unpaired) electrons. The Morgan fingerprint density at radius 2 is 2.21 bits per heavy atom. The monoisotopic (exact) mass is 264 g/mol. The Kier molecular flexibility index (Phi) is 5.32. The SMILES string of the molecule is Cc1ccccc1NC(=O)CNCC1COCCO1.